The summed E-state index contributed by atoms with van der Waals surface area (Å²) in [5, 5.41) is 63.2. The molecule has 0 saturated heterocycles. The zero-order chi connectivity index (χ0) is 19.4. The maximum Gasteiger partial charge on any atom is 0.125 e. The Balaban J connectivity index is 6.51. The van der Waals surface area contributed by atoms with E-state index in [0.29, 0.717) is 19.3 Å². The second-order valence-electron chi connectivity index (χ2n) is 8.09. The van der Waals surface area contributed by atoms with Crippen molar-refractivity contribution in [2.24, 2.45) is 16.2 Å². The molecule has 146 valence electrons. The predicted molar refractivity (Wildman–Crippen MR) is 93.4 cm³/mol. The Kier molecular flexibility index (Phi) is 8.34. The standard InChI is InChI=1S/C18H38O6/c1-7-16(6,11-20)14(23)18(24,13(22)15(4,5)10-19)17(8-2,9-3)12-21/h13-14,19-24H,7-12H2,1-6H3. The molecule has 0 spiro atoms. The van der Waals surface area contributed by atoms with Crippen LogP contribution in [0.5, 0.6) is 0 Å². The molecule has 0 aromatic heterocycles. The second-order valence-corrected chi connectivity index (χ2v) is 8.09. The van der Waals surface area contributed by atoms with E-state index in [1.54, 1.807) is 41.5 Å². The van der Waals surface area contributed by atoms with E-state index in [9.17, 15) is 30.6 Å². The van der Waals surface area contributed by atoms with Crippen LogP contribution in [-0.2, 0) is 0 Å². The van der Waals surface area contributed by atoms with Crippen LogP contribution in [0.15, 0.2) is 0 Å². The Hall–Kier alpha value is -0.240. The first kappa shape index (κ1) is 23.8. The summed E-state index contributed by atoms with van der Waals surface area (Å²) in [5.41, 5.74) is -5.45. The van der Waals surface area contributed by atoms with E-state index < -0.39 is 47.3 Å². The van der Waals surface area contributed by atoms with Crippen LogP contribution in [0, 0.1) is 16.2 Å². The molecule has 4 unspecified atom stereocenters. The van der Waals surface area contributed by atoms with Crippen molar-refractivity contribution < 1.29 is 30.6 Å². The number of aliphatic hydroxyl groups is 6. The molecule has 0 amide bonds. The molecule has 4 atom stereocenters. The van der Waals surface area contributed by atoms with Crippen LogP contribution in [-0.4, -0.2) is 68.3 Å². The Bertz CT molecular complexity index is 367. The monoisotopic (exact) mass is 350 g/mol. The first-order valence-electron chi connectivity index (χ1n) is 8.84. The third kappa shape index (κ3) is 3.64. The van der Waals surface area contributed by atoms with Crippen LogP contribution in [0.25, 0.3) is 0 Å². The van der Waals surface area contributed by atoms with Crippen LogP contribution in [0.2, 0.25) is 0 Å². The fourth-order valence-electron chi connectivity index (χ4n) is 3.50. The highest BCUT2D eigenvalue weighted by Crippen LogP contribution is 2.50. The molecular weight excluding hydrogens is 312 g/mol. The molecule has 0 heterocycles. The number of hydrogen-bond acceptors (Lipinski definition) is 6. The van der Waals surface area contributed by atoms with Gasteiger partial charge >= 0.3 is 0 Å². The molecule has 0 aliphatic heterocycles. The van der Waals surface area contributed by atoms with Crippen molar-refractivity contribution in [3.05, 3.63) is 0 Å². The summed E-state index contributed by atoms with van der Waals surface area (Å²) in [6.07, 6.45) is -1.99. The average molecular weight is 350 g/mol. The van der Waals surface area contributed by atoms with Gasteiger partial charge in [-0.2, -0.15) is 0 Å². The molecule has 0 aromatic carbocycles. The molecule has 0 radical (unpaired) electrons. The zero-order valence-corrected chi connectivity index (χ0v) is 16.1. The first-order chi connectivity index (χ1) is 10.9. The second kappa shape index (κ2) is 8.43. The molecule has 0 saturated carbocycles. The van der Waals surface area contributed by atoms with Crippen LogP contribution in [0.4, 0.5) is 0 Å². The van der Waals surface area contributed by atoms with E-state index in [1.807, 2.05) is 0 Å². The Morgan fingerprint density at radius 1 is 0.708 bits per heavy atom. The zero-order valence-electron chi connectivity index (χ0n) is 16.1. The topological polar surface area (TPSA) is 121 Å². The minimum atomic E-state index is -2.11. The molecule has 24 heavy (non-hydrogen) atoms. The van der Waals surface area contributed by atoms with Gasteiger partial charge in [0.2, 0.25) is 0 Å². The molecule has 6 nitrogen and oxygen atoms in total. The molecular formula is C18H38O6. The van der Waals surface area contributed by atoms with Gasteiger partial charge in [0, 0.05) is 16.2 Å². The summed E-state index contributed by atoms with van der Waals surface area (Å²) in [6.45, 7) is 8.93. The highest BCUT2D eigenvalue weighted by atomic mass is 16.4. The molecule has 0 fully saturated rings. The maximum absolute atomic E-state index is 11.6. The van der Waals surface area contributed by atoms with Crippen molar-refractivity contribution in [2.75, 3.05) is 19.8 Å². The molecule has 6 N–H and O–H groups in total. The molecule has 0 aliphatic carbocycles. The highest BCUT2D eigenvalue weighted by Gasteiger charge is 2.63. The molecule has 0 rings (SSSR count). The van der Waals surface area contributed by atoms with Crippen LogP contribution in [0.3, 0.4) is 0 Å². The summed E-state index contributed by atoms with van der Waals surface area (Å²) in [5.74, 6) is 0. The van der Waals surface area contributed by atoms with Crippen molar-refractivity contribution >= 4 is 0 Å². The van der Waals surface area contributed by atoms with E-state index in [-0.39, 0.29) is 6.61 Å². The van der Waals surface area contributed by atoms with Gasteiger partial charge in [0.25, 0.3) is 0 Å². The van der Waals surface area contributed by atoms with Crippen molar-refractivity contribution in [3.63, 3.8) is 0 Å². The Labute approximate surface area is 146 Å². The van der Waals surface area contributed by atoms with E-state index in [0.717, 1.165) is 0 Å². The smallest absolute Gasteiger partial charge is 0.125 e. The van der Waals surface area contributed by atoms with Gasteiger partial charge in [-0.15, -0.1) is 0 Å². The minimum Gasteiger partial charge on any atom is -0.396 e. The molecule has 0 bridgehead atoms. The Morgan fingerprint density at radius 2 is 1.17 bits per heavy atom. The third-order valence-electron chi connectivity index (χ3n) is 6.32. The van der Waals surface area contributed by atoms with Crippen LogP contribution in [0.1, 0.15) is 60.8 Å². The quantitative estimate of drug-likeness (QED) is 0.326. The fourth-order valence-corrected chi connectivity index (χ4v) is 3.50. The lowest BCUT2D eigenvalue weighted by molar-refractivity contribution is -0.277. The van der Waals surface area contributed by atoms with Gasteiger partial charge in [-0.05, 0) is 19.3 Å². The number of rotatable bonds is 11. The van der Waals surface area contributed by atoms with E-state index >= 15 is 0 Å². The molecule has 0 aromatic rings. The van der Waals surface area contributed by atoms with Crippen molar-refractivity contribution in [1.29, 1.82) is 0 Å². The van der Waals surface area contributed by atoms with E-state index in [4.69, 9.17) is 0 Å². The van der Waals surface area contributed by atoms with Gasteiger partial charge in [0.1, 0.15) is 5.60 Å². The summed E-state index contributed by atoms with van der Waals surface area (Å²) < 4.78 is 0. The normalized spacial score (nSPS) is 21.0. The van der Waals surface area contributed by atoms with Gasteiger partial charge in [0.05, 0.1) is 32.0 Å². The largest absolute Gasteiger partial charge is 0.396 e. The Morgan fingerprint density at radius 3 is 1.42 bits per heavy atom. The fraction of sp³-hybridized carbons (Fsp3) is 1.00. The lowest BCUT2D eigenvalue weighted by Crippen LogP contribution is -2.71. The SMILES string of the molecule is CCC(C)(CO)C(O)C(O)(C(O)C(C)(C)CO)C(CC)(CC)CO. The minimum absolute atomic E-state index is 0.317. The van der Waals surface area contributed by atoms with E-state index in [1.165, 1.54) is 0 Å². The predicted octanol–water partition coefficient (Wildman–Crippen LogP) is 0.665. The highest BCUT2D eigenvalue weighted by molar-refractivity contribution is 5.13. The summed E-state index contributed by atoms with van der Waals surface area (Å²) in [4.78, 5) is 0. The molecule has 0 aliphatic rings. The van der Waals surface area contributed by atoms with Crippen LogP contribution < -0.4 is 0 Å². The van der Waals surface area contributed by atoms with Crippen molar-refractivity contribution in [3.8, 4) is 0 Å². The first-order valence-corrected chi connectivity index (χ1v) is 8.84. The van der Waals surface area contributed by atoms with Gasteiger partial charge in [0.15, 0.2) is 0 Å². The lowest BCUT2D eigenvalue weighted by Gasteiger charge is -2.57. The van der Waals surface area contributed by atoms with Gasteiger partial charge in [-0.3, -0.25) is 0 Å². The van der Waals surface area contributed by atoms with Crippen molar-refractivity contribution in [2.45, 2.75) is 78.6 Å². The van der Waals surface area contributed by atoms with Gasteiger partial charge < -0.3 is 30.6 Å². The summed E-state index contributed by atoms with van der Waals surface area (Å²) >= 11 is 0. The maximum atomic E-state index is 11.6. The summed E-state index contributed by atoms with van der Waals surface area (Å²) in [6, 6.07) is 0. The van der Waals surface area contributed by atoms with Crippen LogP contribution >= 0.6 is 0 Å². The van der Waals surface area contributed by atoms with Gasteiger partial charge in [-0.1, -0.05) is 41.5 Å². The number of aliphatic hydroxyl groups excluding tert-OH is 5. The summed E-state index contributed by atoms with van der Waals surface area (Å²) in [7, 11) is 0. The van der Waals surface area contributed by atoms with E-state index in [2.05, 4.69) is 0 Å². The lowest BCUT2D eigenvalue weighted by atomic mass is 9.55. The third-order valence-corrected chi connectivity index (χ3v) is 6.32. The van der Waals surface area contributed by atoms with Crippen molar-refractivity contribution in [1.82, 2.24) is 0 Å². The average Bonchev–Trinajstić information content (AvgIpc) is 2.61. The number of hydrogen-bond donors (Lipinski definition) is 6. The molecule has 6 heteroatoms. The van der Waals surface area contributed by atoms with Gasteiger partial charge in [-0.25, -0.2) is 0 Å².